The molecule has 3 aromatic rings. The van der Waals surface area contributed by atoms with Gasteiger partial charge in [0.15, 0.2) is 5.69 Å². The van der Waals surface area contributed by atoms with E-state index in [1.807, 2.05) is 0 Å². The van der Waals surface area contributed by atoms with E-state index >= 15 is 0 Å². The summed E-state index contributed by atoms with van der Waals surface area (Å²) in [6.45, 7) is 1.78. The van der Waals surface area contributed by atoms with Gasteiger partial charge in [0.05, 0.1) is 26.3 Å². The standard InChI is InChI=1S/C17H12Cl2F3N3OS/c1-8-23-10(7-27-8)6-14-24-15(17(20,21)22)11(16(26)25-14)4-9-2-3-12(18)13(19)5-9/h2-3,5,7H,4,6H2,1H3,(H,24,25,26). The van der Waals surface area contributed by atoms with Crippen LogP contribution < -0.4 is 5.56 Å². The second-order valence-corrected chi connectivity index (χ2v) is 7.67. The van der Waals surface area contributed by atoms with E-state index in [9.17, 15) is 18.0 Å². The minimum absolute atomic E-state index is 0.00964. The molecule has 0 aliphatic rings. The molecule has 0 unspecified atom stereocenters. The van der Waals surface area contributed by atoms with E-state index in [0.717, 1.165) is 5.01 Å². The first-order chi connectivity index (χ1) is 12.6. The zero-order chi connectivity index (χ0) is 19.8. The summed E-state index contributed by atoms with van der Waals surface area (Å²) >= 11 is 13.1. The summed E-state index contributed by atoms with van der Waals surface area (Å²) in [5.74, 6) is -0.0875. The predicted octanol–water partition coefficient (Wildman–Crippen LogP) is 5.04. The summed E-state index contributed by atoms with van der Waals surface area (Å²) in [4.78, 5) is 22.7. The van der Waals surface area contributed by atoms with E-state index in [0.29, 0.717) is 11.3 Å². The van der Waals surface area contributed by atoms with Crippen molar-refractivity contribution in [3.63, 3.8) is 0 Å². The third kappa shape index (κ3) is 4.69. The Morgan fingerprint density at radius 3 is 2.48 bits per heavy atom. The molecular weight excluding hydrogens is 422 g/mol. The SMILES string of the molecule is Cc1nc(Cc2nc(C(F)(F)F)c(Cc3ccc(Cl)c(Cl)c3)c(=O)[nH]2)cs1. The number of nitrogens with one attached hydrogen (secondary N) is 1. The summed E-state index contributed by atoms with van der Waals surface area (Å²) in [7, 11) is 0. The first kappa shape index (κ1) is 19.9. The minimum atomic E-state index is -4.77. The monoisotopic (exact) mass is 433 g/mol. The quantitative estimate of drug-likeness (QED) is 0.626. The third-order valence-corrected chi connectivity index (χ3v) is 5.27. The van der Waals surface area contributed by atoms with Gasteiger partial charge in [0, 0.05) is 18.2 Å². The van der Waals surface area contributed by atoms with Crippen molar-refractivity contribution in [1.29, 1.82) is 0 Å². The molecular formula is C17H12Cl2F3N3OS. The average Bonchev–Trinajstić information content (AvgIpc) is 2.97. The minimum Gasteiger partial charge on any atom is -0.310 e. The molecule has 0 bridgehead atoms. The molecule has 3 rings (SSSR count). The maximum Gasteiger partial charge on any atom is 0.433 e. The molecule has 1 N–H and O–H groups in total. The highest BCUT2D eigenvalue weighted by Crippen LogP contribution is 2.31. The molecule has 4 nitrogen and oxygen atoms in total. The van der Waals surface area contributed by atoms with Crippen LogP contribution in [0.3, 0.4) is 0 Å². The molecule has 27 heavy (non-hydrogen) atoms. The Morgan fingerprint density at radius 2 is 1.89 bits per heavy atom. The zero-order valence-electron chi connectivity index (χ0n) is 13.8. The van der Waals surface area contributed by atoms with E-state index in [2.05, 4.69) is 15.0 Å². The van der Waals surface area contributed by atoms with Gasteiger partial charge in [0.1, 0.15) is 5.82 Å². The van der Waals surface area contributed by atoms with Crippen LogP contribution in [0.25, 0.3) is 0 Å². The molecule has 142 valence electrons. The Hall–Kier alpha value is -1.90. The topological polar surface area (TPSA) is 58.6 Å². The van der Waals surface area contributed by atoms with Gasteiger partial charge in [-0.05, 0) is 24.6 Å². The van der Waals surface area contributed by atoms with E-state index in [4.69, 9.17) is 23.2 Å². The molecule has 10 heteroatoms. The predicted molar refractivity (Wildman–Crippen MR) is 98.8 cm³/mol. The van der Waals surface area contributed by atoms with Gasteiger partial charge >= 0.3 is 6.18 Å². The number of halogens is 5. The van der Waals surface area contributed by atoms with E-state index in [1.54, 1.807) is 12.3 Å². The average molecular weight is 434 g/mol. The Morgan fingerprint density at radius 1 is 1.15 bits per heavy atom. The smallest absolute Gasteiger partial charge is 0.310 e. The van der Waals surface area contributed by atoms with Gasteiger partial charge in [-0.1, -0.05) is 29.3 Å². The largest absolute Gasteiger partial charge is 0.433 e. The summed E-state index contributed by atoms with van der Waals surface area (Å²) < 4.78 is 40.6. The lowest BCUT2D eigenvalue weighted by Gasteiger charge is -2.13. The first-order valence-corrected chi connectivity index (χ1v) is 9.31. The number of thiazole rings is 1. The number of alkyl halides is 3. The van der Waals surface area contributed by atoms with Crippen LogP contribution in [0.1, 0.15) is 33.3 Å². The summed E-state index contributed by atoms with van der Waals surface area (Å²) in [5.41, 5.74) is -1.56. The zero-order valence-corrected chi connectivity index (χ0v) is 16.2. The fourth-order valence-electron chi connectivity index (χ4n) is 2.54. The molecule has 2 heterocycles. The molecule has 2 aromatic heterocycles. The molecule has 0 amide bonds. The second-order valence-electron chi connectivity index (χ2n) is 5.80. The van der Waals surface area contributed by atoms with Crippen LogP contribution in [-0.4, -0.2) is 15.0 Å². The first-order valence-electron chi connectivity index (χ1n) is 7.67. The van der Waals surface area contributed by atoms with Crippen molar-refractivity contribution in [2.45, 2.75) is 25.9 Å². The van der Waals surface area contributed by atoms with Gasteiger partial charge in [0.25, 0.3) is 5.56 Å². The number of aryl methyl sites for hydroxylation is 1. The Bertz CT molecular complexity index is 1050. The number of nitrogens with zero attached hydrogens (tertiary/aromatic N) is 2. The van der Waals surface area contributed by atoms with E-state index in [1.165, 1.54) is 29.5 Å². The second kappa shape index (κ2) is 7.61. The van der Waals surface area contributed by atoms with Crippen LogP contribution in [0, 0.1) is 6.92 Å². The third-order valence-electron chi connectivity index (χ3n) is 3.71. The Kier molecular flexibility index (Phi) is 5.60. The van der Waals surface area contributed by atoms with E-state index in [-0.39, 0.29) is 28.7 Å². The fraction of sp³-hybridized carbons (Fsp3) is 0.235. The summed E-state index contributed by atoms with van der Waals surface area (Å²) in [6.07, 6.45) is -5.04. The molecule has 0 atom stereocenters. The van der Waals surface area contributed by atoms with Crippen LogP contribution in [0.2, 0.25) is 10.0 Å². The van der Waals surface area contributed by atoms with Gasteiger partial charge < -0.3 is 4.98 Å². The van der Waals surface area contributed by atoms with Crippen LogP contribution in [0.4, 0.5) is 13.2 Å². The number of rotatable bonds is 4. The van der Waals surface area contributed by atoms with Crippen LogP contribution in [-0.2, 0) is 19.0 Å². The Labute approximate surface area is 166 Å². The maximum absolute atomic E-state index is 13.5. The van der Waals surface area contributed by atoms with Crippen molar-refractivity contribution >= 4 is 34.5 Å². The highest BCUT2D eigenvalue weighted by atomic mass is 35.5. The van der Waals surface area contributed by atoms with Gasteiger partial charge in [-0.2, -0.15) is 13.2 Å². The van der Waals surface area contributed by atoms with Crippen molar-refractivity contribution in [1.82, 2.24) is 15.0 Å². The lowest BCUT2D eigenvalue weighted by atomic mass is 10.0. The summed E-state index contributed by atoms with van der Waals surface area (Å²) in [5, 5.41) is 2.96. The number of aromatic amines is 1. The summed E-state index contributed by atoms with van der Waals surface area (Å²) in [6, 6.07) is 4.41. The normalized spacial score (nSPS) is 11.8. The molecule has 0 aliphatic heterocycles. The van der Waals surface area contributed by atoms with Crippen molar-refractivity contribution in [2.24, 2.45) is 0 Å². The highest BCUT2D eigenvalue weighted by molar-refractivity contribution is 7.09. The fourth-order valence-corrected chi connectivity index (χ4v) is 3.47. The highest BCUT2D eigenvalue weighted by Gasteiger charge is 2.37. The lowest BCUT2D eigenvalue weighted by Crippen LogP contribution is -2.25. The number of hydrogen-bond acceptors (Lipinski definition) is 4. The van der Waals surface area contributed by atoms with Crippen molar-refractivity contribution < 1.29 is 13.2 Å². The van der Waals surface area contributed by atoms with Crippen molar-refractivity contribution in [2.75, 3.05) is 0 Å². The molecule has 1 aromatic carbocycles. The van der Waals surface area contributed by atoms with Gasteiger partial charge in [-0.25, -0.2) is 9.97 Å². The lowest BCUT2D eigenvalue weighted by molar-refractivity contribution is -0.142. The Balaban J connectivity index is 2.02. The molecule has 0 saturated heterocycles. The van der Waals surface area contributed by atoms with E-state index < -0.39 is 23.0 Å². The number of hydrogen-bond donors (Lipinski definition) is 1. The number of H-pyrrole nitrogens is 1. The molecule has 0 saturated carbocycles. The van der Waals surface area contributed by atoms with Gasteiger partial charge in [-0.3, -0.25) is 4.79 Å². The number of benzene rings is 1. The molecule has 0 aliphatic carbocycles. The molecule has 0 radical (unpaired) electrons. The molecule has 0 fully saturated rings. The van der Waals surface area contributed by atoms with Crippen LogP contribution >= 0.6 is 34.5 Å². The van der Waals surface area contributed by atoms with Crippen molar-refractivity contribution in [3.8, 4) is 0 Å². The van der Waals surface area contributed by atoms with Crippen molar-refractivity contribution in [3.05, 3.63) is 77.3 Å². The molecule has 0 spiro atoms. The van der Waals surface area contributed by atoms with Crippen LogP contribution in [0.15, 0.2) is 28.4 Å². The maximum atomic E-state index is 13.5. The van der Waals surface area contributed by atoms with Crippen LogP contribution in [0.5, 0.6) is 0 Å². The van der Waals surface area contributed by atoms with Gasteiger partial charge in [-0.15, -0.1) is 11.3 Å². The number of aromatic nitrogens is 3. The van der Waals surface area contributed by atoms with Gasteiger partial charge in [0.2, 0.25) is 0 Å².